The molecule has 1 aromatic heterocycles. The lowest BCUT2D eigenvalue weighted by Crippen LogP contribution is -2.02. The maximum Gasteiger partial charge on any atom is 0.137 e. The third-order valence-electron chi connectivity index (χ3n) is 3.72. The van der Waals surface area contributed by atoms with E-state index < -0.39 is 6.10 Å². The summed E-state index contributed by atoms with van der Waals surface area (Å²) in [5.74, 6) is 0.665. The molecule has 1 aliphatic carbocycles. The van der Waals surface area contributed by atoms with Gasteiger partial charge < -0.3 is 9.84 Å². The summed E-state index contributed by atoms with van der Waals surface area (Å²) in [4.78, 5) is 4.09. The first-order valence-corrected chi connectivity index (χ1v) is 6.56. The van der Waals surface area contributed by atoms with Gasteiger partial charge in [-0.25, -0.2) is 0 Å². The standard InChI is InChI=1S/C16H17NO2/c1-19-15-8-14(9-17-10-15)16(18)13-6-5-11-3-2-4-12(11)7-13/h5-10,16,18H,2-4H2,1H3. The first-order valence-electron chi connectivity index (χ1n) is 6.56. The first kappa shape index (κ1) is 12.2. The predicted octanol–water partition coefficient (Wildman–Crippen LogP) is 2.66. The monoisotopic (exact) mass is 255 g/mol. The molecule has 3 nitrogen and oxygen atoms in total. The Balaban J connectivity index is 1.92. The third kappa shape index (κ3) is 2.34. The molecule has 1 unspecified atom stereocenters. The number of aliphatic hydroxyl groups is 1. The van der Waals surface area contributed by atoms with Crippen molar-refractivity contribution in [2.75, 3.05) is 7.11 Å². The highest BCUT2D eigenvalue weighted by atomic mass is 16.5. The SMILES string of the molecule is COc1cncc(C(O)c2ccc3c(c2)CCC3)c1. The first-order chi connectivity index (χ1) is 9.28. The minimum absolute atomic E-state index is 0.645. The maximum absolute atomic E-state index is 10.4. The zero-order chi connectivity index (χ0) is 13.2. The lowest BCUT2D eigenvalue weighted by atomic mass is 9.99. The van der Waals surface area contributed by atoms with E-state index >= 15 is 0 Å². The van der Waals surface area contributed by atoms with Gasteiger partial charge in [0.1, 0.15) is 11.9 Å². The Bertz CT molecular complexity index is 595. The average molecular weight is 255 g/mol. The van der Waals surface area contributed by atoms with Gasteiger partial charge in [0, 0.05) is 11.8 Å². The summed E-state index contributed by atoms with van der Waals surface area (Å²) >= 11 is 0. The zero-order valence-corrected chi connectivity index (χ0v) is 11.0. The van der Waals surface area contributed by atoms with Gasteiger partial charge in [-0.3, -0.25) is 4.98 Å². The number of ether oxygens (including phenoxy) is 1. The molecule has 1 aliphatic rings. The molecular formula is C16H17NO2. The molecule has 0 saturated heterocycles. The Morgan fingerprint density at radius 3 is 2.79 bits per heavy atom. The molecular weight excluding hydrogens is 238 g/mol. The van der Waals surface area contributed by atoms with Crippen molar-refractivity contribution < 1.29 is 9.84 Å². The Hall–Kier alpha value is -1.87. The fourth-order valence-corrected chi connectivity index (χ4v) is 2.65. The molecule has 0 radical (unpaired) electrons. The Labute approximate surface area is 112 Å². The summed E-state index contributed by atoms with van der Waals surface area (Å²) < 4.78 is 5.14. The Kier molecular flexibility index (Phi) is 3.22. The van der Waals surface area contributed by atoms with E-state index in [1.165, 1.54) is 17.5 Å². The number of hydrogen-bond acceptors (Lipinski definition) is 3. The number of aliphatic hydroxyl groups excluding tert-OH is 1. The van der Waals surface area contributed by atoms with E-state index in [0.717, 1.165) is 24.0 Å². The van der Waals surface area contributed by atoms with E-state index in [9.17, 15) is 5.11 Å². The number of hydrogen-bond donors (Lipinski definition) is 1. The van der Waals surface area contributed by atoms with E-state index in [2.05, 4.69) is 17.1 Å². The van der Waals surface area contributed by atoms with Crippen LogP contribution in [0.3, 0.4) is 0 Å². The number of benzene rings is 1. The molecule has 0 amide bonds. The number of fused-ring (bicyclic) bond motifs is 1. The molecule has 0 saturated carbocycles. The average Bonchev–Trinajstić information content (AvgIpc) is 2.94. The number of aromatic nitrogens is 1. The van der Waals surface area contributed by atoms with Crippen LogP contribution in [-0.4, -0.2) is 17.2 Å². The highest BCUT2D eigenvalue weighted by Crippen LogP contribution is 2.29. The summed E-state index contributed by atoms with van der Waals surface area (Å²) in [6, 6.07) is 8.08. The number of rotatable bonds is 3. The molecule has 2 aromatic rings. The fraction of sp³-hybridized carbons (Fsp3) is 0.312. The molecule has 0 bridgehead atoms. The van der Waals surface area contributed by atoms with Crippen molar-refractivity contribution >= 4 is 0 Å². The highest BCUT2D eigenvalue weighted by Gasteiger charge is 2.16. The van der Waals surface area contributed by atoms with Gasteiger partial charge in [-0.1, -0.05) is 18.2 Å². The second-order valence-corrected chi connectivity index (χ2v) is 4.94. The van der Waals surface area contributed by atoms with Crippen molar-refractivity contribution in [1.29, 1.82) is 0 Å². The van der Waals surface area contributed by atoms with E-state index in [1.807, 2.05) is 12.1 Å². The summed E-state index contributed by atoms with van der Waals surface area (Å²) in [5.41, 5.74) is 4.47. The van der Waals surface area contributed by atoms with Crippen LogP contribution in [0.1, 0.15) is 34.8 Å². The van der Waals surface area contributed by atoms with Crippen LogP contribution in [0.15, 0.2) is 36.7 Å². The molecule has 1 N–H and O–H groups in total. The van der Waals surface area contributed by atoms with Gasteiger partial charge in [0.05, 0.1) is 13.3 Å². The van der Waals surface area contributed by atoms with Gasteiger partial charge >= 0.3 is 0 Å². The molecule has 0 fully saturated rings. The second-order valence-electron chi connectivity index (χ2n) is 4.94. The quantitative estimate of drug-likeness (QED) is 0.916. The molecule has 98 valence electrons. The Morgan fingerprint density at radius 1 is 1.11 bits per heavy atom. The lowest BCUT2D eigenvalue weighted by Gasteiger charge is -2.13. The third-order valence-corrected chi connectivity index (χ3v) is 3.72. The van der Waals surface area contributed by atoms with Gasteiger partial charge in [-0.05, 0) is 42.0 Å². The molecule has 1 aromatic carbocycles. The zero-order valence-electron chi connectivity index (χ0n) is 11.0. The summed E-state index contributed by atoms with van der Waals surface area (Å²) in [6.45, 7) is 0. The van der Waals surface area contributed by atoms with E-state index in [4.69, 9.17) is 4.74 Å². The number of methoxy groups -OCH3 is 1. The van der Waals surface area contributed by atoms with Crippen molar-refractivity contribution in [3.8, 4) is 5.75 Å². The topological polar surface area (TPSA) is 42.4 Å². The fourth-order valence-electron chi connectivity index (χ4n) is 2.65. The van der Waals surface area contributed by atoms with Crippen molar-refractivity contribution in [3.63, 3.8) is 0 Å². The predicted molar refractivity (Wildman–Crippen MR) is 73.3 cm³/mol. The molecule has 3 rings (SSSR count). The van der Waals surface area contributed by atoms with Gasteiger partial charge in [0.2, 0.25) is 0 Å². The van der Waals surface area contributed by atoms with Crippen LogP contribution < -0.4 is 4.74 Å². The number of aryl methyl sites for hydroxylation is 2. The van der Waals surface area contributed by atoms with Crippen LogP contribution in [0.2, 0.25) is 0 Å². The van der Waals surface area contributed by atoms with Crippen LogP contribution in [-0.2, 0) is 12.8 Å². The smallest absolute Gasteiger partial charge is 0.137 e. The van der Waals surface area contributed by atoms with Crippen molar-refractivity contribution in [2.45, 2.75) is 25.4 Å². The van der Waals surface area contributed by atoms with Gasteiger partial charge in [-0.15, -0.1) is 0 Å². The minimum Gasteiger partial charge on any atom is -0.495 e. The molecule has 19 heavy (non-hydrogen) atoms. The molecule has 0 aliphatic heterocycles. The summed E-state index contributed by atoms with van der Waals surface area (Å²) in [5, 5.41) is 10.4. The molecule has 3 heteroatoms. The highest BCUT2D eigenvalue weighted by molar-refractivity contribution is 5.39. The van der Waals surface area contributed by atoms with Crippen LogP contribution in [0.5, 0.6) is 5.75 Å². The Morgan fingerprint density at radius 2 is 1.95 bits per heavy atom. The minimum atomic E-state index is -0.645. The van der Waals surface area contributed by atoms with Crippen LogP contribution >= 0.6 is 0 Å². The summed E-state index contributed by atoms with van der Waals surface area (Å²) in [6.07, 6.45) is 6.17. The maximum atomic E-state index is 10.4. The van der Waals surface area contributed by atoms with E-state index in [0.29, 0.717) is 5.75 Å². The molecule has 1 heterocycles. The molecule has 0 spiro atoms. The van der Waals surface area contributed by atoms with Crippen molar-refractivity contribution in [2.24, 2.45) is 0 Å². The molecule has 1 atom stereocenters. The van der Waals surface area contributed by atoms with Crippen molar-refractivity contribution in [3.05, 3.63) is 58.9 Å². The van der Waals surface area contributed by atoms with Crippen LogP contribution in [0, 0.1) is 0 Å². The van der Waals surface area contributed by atoms with Crippen LogP contribution in [0.4, 0.5) is 0 Å². The largest absolute Gasteiger partial charge is 0.495 e. The second kappa shape index (κ2) is 5.02. The van der Waals surface area contributed by atoms with Crippen LogP contribution in [0.25, 0.3) is 0 Å². The summed E-state index contributed by atoms with van der Waals surface area (Å²) in [7, 11) is 1.60. The lowest BCUT2D eigenvalue weighted by molar-refractivity contribution is 0.219. The van der Waals surface area contributed by atoms with Crippen molar-refractivity contribution in [1.82, 2.24) is 4.98 Å². The van der Waals surface area contributed by atoms with Gasteiger partial charge in [-0.2, -0.15) is 0 Å². The normalized spacial score (nSPS) is 15.1. The van der Waals surface area contributed by atoms with Gasteiger partial charge in [0.25, 0.3) is 0 Å². The number of nitrogens with zero attached hydrogens (tertiary/aromatic N) is 1. The van der Waals surface area contributed by atoms with Gasteiger partial charge in [0.15, 0.2) is 0 Å². The number of pyridine rings is 1. The van der Waals surface area contributed by atoms with E-state index in [-0.39, 0.29) is 0 Å². The van der Waals surface area contributed by atoms with E-state index in [1.54, 1.807) is 19.5 Å².